The summed E-state index contributed by atoms with van der Waals surface area (Å²) in [5.41, 5.74) is 9.62. The van der Waals surface area contributed by atoms with E-state index in [1.54, 1.807) is 10.9 Å². The van der Waals surface area contributed by atoms with Crippen molar-refractivity contribution >= 4 is 17.6 Å². The van der Waals surface area contributed by atoms with Crippen LogP contribution in [0.25, 0.3) is 22.8 Å². The molecule has 0 aliphatic carbocycles. The molecular weight excluding hydrogens is 463 g/mol. The van der Waals surface area contributed by atoms with Gasteiger partial charge in [-0.05, 0) is 43.5 Å². The molecule has 0 spiro atoms. The second kappa shape index (κ2) is 9.33. The molecule has 0 saturated carbocycles. The average molecular weight is 489 g/mol. The van der Waals surface area contributed by atoms with Gasteiger partial charge in [0.15, 0.2) is 17.5 Å². The Labute approximate surface area is 206 Å². The van der Waals surface area contributed by atoms with Crippen molar-refractivity contribution in [1.82, 2.24) is 29.9 Å². The van der Waals surface area contributed by atoms with Crippen LogP contribution in [0.1, 0.15) is 23.2 Å². The minimum atomic E-state index is -0.790. The summed E-state index contributed by atoms with van der Waals surface area (Å²) < 4.78 is 16.5. The molecule has 3 aromatic heterocycles. The number of hydrogen-bond acceptors (Lipinski definition) is 8. The number of pyridine rings is 1. The molecule has 1 unspecified atom stereocenters. The monoisotopic (exact) mass is 488 g/mol. The number of rotatable bonds is 6. The van der Waals surface area contributed by atoms with E-state index in [4.69, 9.17) is 5.73 Å². The van der Waals surface area contributed by atoms with E-state index in [0.29, 0.717) is 43.4 Å². The molecule has 1 aliphatic rings. The maximum absolute atomic E-state index is 14.9. The number of aliphatic carboxylic acids is 1. The fourth-order valence-electron chi connectivity index (χ4n) is 4.30. The van der Waals surface area contributed by atoms with Crippen LogP contribution >= 0.6 is 0 Å². The van der Waals surface area contributed by atoms with Crippen molar-refractivity contribution in [3.63, 3.8) is 0 Å². The number of aryl methyl sites for hydroxylation is 1. The number of halogens is 1. The standard InChI is InChI=1S/C25H25FN8O2/c1-14-5-3-7-18(15(14)2)24-29-22(21(26)23(27)30-24)19-13-34(32-31-19)12-17-6-4-8-20(28-17)33-10-9-16(11-33)25(35)36/h3-8,13,16H,9-12H2,1-2H3,(H,35,36)(H2,27,29,30). The lowest BCUT2D eigenvalue weighted by molar-refractivity contribution is -0.140. The van der Waals surface area contributed by atoms with Crippen LogP contribution in [-0.2, 0) is 11.3 Å². The fraction of sp³-hybridized carbons (Fsp3) is 0.280. The molecule has 3 N–H and O–H groups in total. The van der Waals surface area contributed by atoms with E-state index in [-0.39, 0.29) is 17.2 Å². The highest BCUT2D eigenvalue weighted by molar-refractivity contribution is 5.72. The molecule has 4 aromatic rings. The minimum Gasteiger partial charge on any atom is -0.481 e. The van der Waals surface area contributed by atoms with E-state index in [2.05, 4.69) is 25.3 Å². The first-order valence-corrected chi connectivity index (χ1v) is 11.5. The zero-order valence-corrected chi connectivity index (χ0v) is 19.9. The smallest absolute Gasteiger partial charge is 0.308 e. The molecule has 5 rings (SSSR count). The molecule has 0 amide bonds. The van der Waals surface area contributed by atoms with Crippen LogP contribution in [0.15, 0.2) is 42.6 Å². The highest BCUT2D eigenvalue weighted by Gasteiger charge is 2.28. The lowest BCUT2D eigenvalue weighted by atomic mass is 10.0. The van der Waals surface area contributed by atoms with Crippen LogP contribution in [-0.4, -0.2) is 54.1 Å². The molecule has 1 atom stereocenters. The first kappa shape index (κ1) is 23.3. The van der Waals surface area contributed by atoms with Gasteiger partial charge < -0.3 is 15.7 Å². The van der Waals surface area contributed by atoms with Crippen molar-refractivity contribution < 1.29 is 14.3 Å². The summed E-state index contributed by atoms with van der Waals surface area (Å²) in [6.45, 7) is 5.29. The molecule has 0 radical (unpaired) electrons. The zero-order chi connectivity index (χ0) is 25.4. The number of hydrogen-bond donors (Lipinski definition) is 2. The molecular formula is C25H25FN8O2. The highest BCUT2D eigenvalue weighted by atomic mass is 19.1. The van der Waals surface area contributed by atoms with Crippen molar-refractivity contribution in [1.29, 1.82) is 0 Å². The highest BCUT2D eigenvalue weighted by Crippen LogP contribution is 2.28. The van der Waals surface area contributed by atoms with Gasteiger partial charge >= 0.3 is 5.97 Å². The van der Waals surface area contributed by atoms with E-state index < -0.39 is 17.7 Å². The maximum Gasteiger partial charge on any atom is 0.308 e. The van der Waals surface area contributed by atoms with Gasteiger partial charge in [-0.25, -0.2) is 24.0 Å². The first-order chi connectivity index (χ1) is 17.3. The third-order valence-corrected chi connectivity index (χ3v) is 6.48. The van der Waals surface area contributed by atoms with Crippen LogP contribution in [0.2, 0.25) is 0 Å². The van der Waals surface area contributed by atoms with E-state index >= 15 is 0 Å². The maximum atomic E-state index is 14.9. The van der Waals surface area contributed by atoms with Gasteiger partial charge in [0.05, 0.1) is 24.4 Å². The average Bonchev–Trinajstić information content (AvgIpc) is 3.53. The number of nitrogens with two attached hydrogens (primary N) is 1. The summed E-state index contributed by atoms with van der Waals surface area (Å²) in [7, 11) is 0. The largest absolute Gasteiger partial charge is 0.481 e. The Morgan fingerprint density at radius 1 is 1.17 bits per heavy atom. The molecule has 0 bridgehead atoms. The number of nitrogens with zero attached hydrogens (tertiary/aromatic N) is 7. The molecule has 10 nitrogen and oxygen atoms in total. The summed E-state index contributed by atoms with van der Waals surface area (Å²) in [6.07, 6.45) is 2.17. The van der Waals surface area contributed by atoms with Crippen LogP contribution in [0.5, 0.6) is 0 Å². The summed E-state index contributed by atoms with van der Waals surface area (Å²) in [6, 6.07) is 11.3. The quantitative estimate of drug-likeness (QED) is 0.419. The van der Waals surface area contributed by atoms with Gasteiger partial charge in [-0.3, -0.25) is 4.79 Å². The number of carboxylic acid groups (broad SMARTS) is 1. The van der Waals surface area contributed by atoms with Crippen molar-refractivity contribution in [2.24, 2.45) is 5.92 Å². The SMILES string of the molecule is Cc1cccc(-c2nc(N)c(F)c(-c3cn(Cc4cccc(N5CCC(C(=O)O)C5)n4)nn3)n2)c1C. The van der Waals surface area contributed by atoms with E-state index in [0.717, 1.165) is 16.7 Å². The van der Waals surface area contributed by atoms with Crippen LogP contribution in [0.3, 0.4) is 0 Å². The van der Waals surface area contributed by atoms with E-state index in [1.807, 2.05) is 55.1 Å². The number of nitrogen functional groups attached to an aromatic ring is 1. The summed E-state index contributed by atoms with van der Waals surface area (Å²) in [5, 5.41) is 17.5. The zero-order valence-electron chi connectivity index (χ0n) is 19.9. The summed E-state index contributed by atoms with van der Waals surface area (Å²) >= 11 is 0. The minimum absolute atomic E-state index is 0.0249. The number of anilines is 2. The van der Waals surface area contributed by atoms with Gasteiger partial charge in [0.1, 0.15) is 17.2 Å². The second-order valence-electron chi connectivity index (χ2n) is 8.90. The number of benzene rings is 1. The van der Waals surface area contributed by atoms with E-state index in [9.17, 15) is 14.3 Å². The van der Waals surface area contributed by atoms with Gasteiger partial charge in [0, 0.05) is 18.7 Å². The Morgan fingerprint density at radius 2 is 1.97 bits per heavy atom. The summed E-state index contributed by atoms with van der Waals surface area (Å²) in [4.78, 5) is 26.5. The third kappa shape index (κ3) is 4.47. The van der Waals surface area contributed by atoms with Gasteiger partial charge in [0.25, 0.3) is 0 Å². The fourth-order valence-corrected chi connectivity index (χ4v) is 4.30. The van der Waals surface area contributed by atoms with Gasteiger partial charge in [-0.15, -0.1) is 5.10 Å². The number of carboxylic acids is 1. The number of aromatic nitrogens is 6. The number of carbonyl (C=O) groups is 1. The van der Waals surface area contributed by atoms with Gasteiger partial charge in [0.2, 0.25) is 0 Å². The molecule has 4 heterocycles. The van der Waals surface area contributed by atoms with Crippen molar-refractivity contribution in [2.75, 3.05) is 23.7 Å². The first-order valence-electron chi connectivity index (χ1n) is 11.5. The predicted octanol–water partition coefficient (Wildman–Crippen LogP) is 3.09. The van der Waals surface area contributed by atoms with Crippen LogP contribution in [0.4, 0.5) is 16.0 Å². The lowest BCUT2D eigenvalue weighted by Crippen LogP contribution is -2.23. The molecule has 1 fully saturated rings. The Bertz CT molecular complexity index is 1450. The normalized spacial score (nSPS) is 15.4. The Balaban J connectivity index is 1.40. The molecule has 36 heavy (non-hydrogen) atoms. The van der Waals surface area contributed by atoms with Crippen molar-refractivity contribution in [3.05, 3.63) is 65.2 Å². The van der Waals surface area contributed by atoms with Crippen LogP contribution < -0.4 is 10.6 Å². The molecule has 184 valence electrons. The van der Waals surface area contributed by atoms with Crippen molar-refractivity contribution in [3.8, 4) is 22.8 Å². The Morgan fingerprint density at radius 3 is 2.75 bits per heavy atom. The molecule has 1 saturated heterocycles. The van der Waals surface area contributed by atoms with Gasteiger partial charge in [-0.1, -0.05) is 29.5 Å². The third-order valence-electron chi connectivity index (χ3n) is 6.48. The lowest BCUT2D eigenvalue weighted by Gasteiger charge is -2.17. The predicted molar refractivity (Wildman–Crippen MR) is 132 cm³/mol. The van der Waals surface area contributed by atoms with Crippen molar-refractivity contribution in [2.45, 2.75) is 26.8 Å². The summed E-state index contributed by atoms with van der Waals surface area (Å²) in [5.74, 6) is -1.16. The van der Waals surface area contributed by atoms with Gasteiger partial charge in [-0.2, -0.15) is 0 Å². The van der Waals surface area contributed by atoms with Crippen LogP contribution in [0, 0.1) is 25.6 Å². The molecule has 1 aromatic carbocycles. The second-order valence-corrected chi connectivity index (χ2v) is 8.90. The molecule has 11 heteroatoms. The molecule has 1 aliphatic heterocycles. The Hall–Kier alpha value is -4.41. The van der Waals surface area contributed by atoms with E-state index in [1.165, 1.54) is 0 Å². The Kier molecular flexibility index (Phi) is 6.05. The topological polar surface area (TPSA) is 136 Å².